The number of rotatable bonds is 14. The van der Waals surface area contributed by atoms with Crippen LogP contribution in [0.5, 0.6) is 0 Å². The molecule has 1 atom stereocenters. The Hall–Kier alpha value is -3.24. The van der Waals surface area contributed by atoms with E-state index in [9.17, 15) is 28.8 Å². The van der Waals surface area contributed by atoms with E-state index in [-0.39, 0.29) is 49.1 Å². The first kappa shape index (κ1) is 34.9. The Balaban J connectivity index is 0. The molecule has 0 aromatic rings. The molecule has 1 aliphatic rings. The Morgan fingerprint density at radius 1 is 0.778 bits per heavy atom. The SMILES string of the molecule is CC.CC.CCNC(=O)CNC(=O)C(NC(=O)CNC(=O)CCCCCN1C(=O)C=CC1=O)C(C)C. The lowest BCUT2D eigenvalue weighted by molar-refractivity contribution is -0.137. The highest BCUT2D eigenvalue weighted by Crippen LogP contribution is 2.07. The maximum absolute atomic E-state index is 12.3. The summed E-state index contributed by atoms with van der Waals surface area (Å²) in [6.45, 7) is 13.6. The molecule has 0 saturated heterocycles. The molecule has 11 heteroatoms. The van der Waals surface area contributed by atoms with E-state index in [0.29, 0.717) is 32.4 Å². The highest BCUT2D eigenvalue weighted by atomic mass is 16.2. The van der Waals surface area contributed by atoms with Crippen LogP contribution in [0.15, 0.2) is 12.2 Å². The quantitative estimate of drug-likeness (QED) is 0.202. The minimum absolute atomic E-state index is 0.181. The van der Waals surface area contributed by atoms with E-state index in [2.05, 4.69) is 21.3 Å². The second kappa shape index (κ2) is 21.1. The monoisotopic (exact) mass is 511 g/mol. The summed E-state index contributed by atoms with van der Waals surface area (Å²) in [7, 11) is 0. The predicted molar refractivity (Wildman–Crippen MR) is 138 cm³/mol. The molecular formula is C25H45N5O6. The third-order valence-corrected chi connectivity index (χ3v) is 4.69. The smallest absolute Gasteiger partial charge is 0.253 e. The maximum Gasteiger partial charge on any atom is 0.253 e. The number of likely N-dealkylation sites (N-methyl/N-ethyl adjacent to an activating group) is 1. The van der Waals surface area contributed by atoms with Crippen LogP contribution in [-0.2, 0) is 28.8 Å². The molecule has 1 heterocycles. The third-order valence-electron chi connectivity index (χ3n) is 4.69. The van der Waals surface area contributed by atoms with Crippen molar-refractivity contribution in [3.63, 3.8) is 0 Å². The van der Waals surface area contributed by atoms with Gasteiger partial charge in [-0.25, -0.2) is 0 Å². The molecule has 206 valence electrons. The molecule has 0 aromatic heterocycles. The molecule has 4 N–H and O–H groups in total. The van der Waals surface area contributed by atoms with Crippen molar-refractivity contribution in [2.75, 3.05) is 26.2 Å². The zero-order valence-corrected chi connectivity index (χ0v) is 22.9. The van der Waals surface area contributed by atoms with Gasteiger partial charge < -0.3 is 21.3 Å². The number of unbranched alkanes of at least 4 members (excludes halogenated alkanes) is 2. The number of hydrogen-bond donors (Lipinski definition) is 4. The van der Waals surface area contributed by atoms with Gasteiger partial charge in [0.1, 0.15) is 6.04 Å². The van der Waals surface area contributed by atoms with Crippen LogP contribution in [0.25, 0.3) is 0 Å². The Labute approximate surface area is 215 Å². The van der Waals surface area contributed by atoms with Crippen molar-refractivity contribution in [2.24, 2.45) is 5.92 Å². The number of amides is 6. The lowest BCUT2D eigenvalue weighted by Crippen LogP contribution is -2.53. The van der Waals surface area contributed by atoms with Crippen LogP contribution in [0.3, 0.4) is 0 Å². The highest BCUT2D eigenvalue weighted by molar-refractivity contribution is 6.12. The molecule has 1 unspecified atom stereocenters. The minimum atomic E-state index is -0.834. The Bertz CT molecular complexity index is 733. The summed E-state index contributed by atoms with van der Waals surface area (Å²) in [5.74, 6) is -2.48. The van der Waals surface area contributed by atoms with Crippen LogP contribution < -0.4 is 21.3 Å². The van der Waals surface area contributed by atoms with Gasteiger partial charge in [0.25, 0.3) is 11.8 Å². The molecule has 11 nitrogen and oxygen atoms in total. The molecule has 0 radical (unpaired) electrons. The normalized spacial score (nSPS) is 12.6. The van der Waals surface area contributed by atoms with Crippen molar-refractivity contribution in [3.05, 3.63) is 12.2 Å². The third kappa shape index (κ3) is 14.9. The van der Waals surface area contributed by atoms with Gasteiger partial charge in [-0.05, 0) is 25.7 Å². The van der Waals surface area contributed by atoms with Crippen molar-refractivity contribution in [1.82, 2.24) is 26.2 Å². The number of carbonyl (C=O) groups excluding carboxylic acids is 6. The summed E-state index contributed by atoms with van der Waals surface area (Å²) in [4.78, 5) is 71.8. The van der Waals surface area contributed by atoms with Gasteiger partial charge in [-0.1, -0.05) is 48.0 Å². The van der Waals surface area contributed by atoms with Crippen molar-refractivity contribution < 1.29 is 28.8 Å². The number of hydrogen-bond acceptors (Lipinski definition) is 6. The van der Waals surface area contributed by atoms with Crippen LogP contribution in [0.4, 0.5) is 0 Å². The largest absolute Gasteiger partial charge is 0.355 e. The van der Waals surface area contributed by atoms with Crippen LogP contribution in [0.2, 0.25) is 0 Å². The molecule has 1 aliphatic heterocycles. The summed E-state index contributed by atoms with van der Waals surface area (Å²) in [6.07, 6.45) is 4.46. The Kier molecular flexibility index (Phi) is 20.4. The van der Waals surface area contributed by atoms with Gasteiger partial charge in [-0.15, -0.1) is 0 Å². The maximum atomic E-state index is 12.3. The molecule has 0 aliphatic carbocycles. The van der Waals surface area contributed by atoms with Crippen molar-refractivity contribution in [1.29, 1.82) is 0 Å². The van der Waals surface area contributed by atoms with E-state index in [1.807, 2.05) is 27.7 Å². The zero-order chi connectivity index (χ0) is 28.1. The van der Waals surface area contributed by atoms with Crippen LogP contribution >= 0.6 is 0 Å². The highest BCUT2D eigenvalue weighted by Gasteiger charge is 2.25. The molecular weight excluding hydrogens is 466 g/mol. The summed E-state index contributed by atoms with van der Waals surface area (Å²) >= 11 is 0. The number of nitrogens with zero attached hydrogens (tertiary/aromatic N) is 1. The van der Waals surface area contributed by atoms with Crippen LogP contribution in [0.1, 0.15) is 74.1 Å². The van der Waals surface area contributed by atoms with Gasteiger partial charge in [0.15, 0.2) is 0 Å². The first-order valence-electron chi connectivity index (χ1n) is 12.8. The van der Waals surface area contributed by atoms with Gasteiger partial charge in [0.2, 0.25) is 23.6 Å². The topological polar surface area (TPSA) is 154 Å². The number of imide groups is 1. The second-order valence-electron chi connectivity index (χ2n) is 7.71. The Morgan fingerprint density at radius 3 is 1.86 bits per heavy atom. The van der Waals surface area contributed by atoms with Gasteiger partial charge in [0.05, 0.1) is 13.1 Å². The predicted octanol–water partition coefficient (Wildman–Crippen LogP) is 1.03. The molecule has 0 spiro atoms. The first-order valence-corrected chi connectivity index (χ1v) is 12.8. The fourth-order valence-corrected chi connectivity index (χ4v) is 2.95. The fourth-order valence-electron chi connectivity index (χ4n) is 2.95. The first-order chi connectivity index (χ1) is 17.1. The summed E-state index contributed by atoms with van der Waals surface area (Å²) in [5.41, 5.74) is 0. The fraction of sp³-hybridized carbons (Fsp3) is 0.680. The van der Waals surface area contributed by atoms with Crippen molar-refractivity contribution in [3.8, 4) is 0 Å². The van der Waals surface area contributed by atoms with Gasteiger partial charge in [0, 0.05) is 31.7 Å². The Morgan fingerprint density at radius 2 is 1.33 bits per heavy atom. The number of carbonyl (C=O) groups is 6. The second-order valence-corrected chi connectivity index (χ2v) is 7.71. The van der Waals surface area contributed by atoms with Crippen LogP contribution in [-0.4, -0.2) is 72.6 Å². The molecule has 0 saturated carbocycles. The molecule has 36 heavy (non-hydrogen) atoms. The van der Waals surface area contributed by atoms with Crippen LogP contribution in [0, 0.1) is 5.92 Å². The van der Waals surface area contributed by atoms with E-state index in [4.69, 9.17) is 0 Å². The summed E-state index contributed by atoms with van der Waals surface area (Å²) in [5, 5.41) is 10.1. The molecule has 1 rings (SSSR count). The van der Waals surface area contributed by atoms with Gasteiger partial charge in [-0.2, -0.15) is 0 Å². The van der Waals surface area contributed by atoms with E-state index < -0.39 is 17.9 Å². The van der Waals surface area contributed by atoms with Gasteiger partial charge >= 0.3 is 0 Å². The lowest BCUT2D eigenvalue weighted by Gasteiger charge is -2.21. The zero-order valence-electron chi connectivity index (χ0n) is 22.9. The molecule has 0 aromatic carbocycles. The summed E-state index contributed by atoms with van der Waals surface area (Å²) < 4.78 is 0. The van der Waals surface area contributed by atoms with Crippen molar-refractivity contribution in [2.45, 2.75) is 80.2 Å². The average Bonchev–Trinajstić information content (AvgIpc) is 3.19. The lowest BCUT2D eigenvalue weighted by atomic mass is 10.0. The van der Waals surface area contributed by atoms with E-state index in [1.165, 1.54) is 12.2 Å². The van der Waals surface area contributed by atoms with E-state index in [1.54, 1.807) is 20.8 Å². The molecule has 0 bridgehead atoms. The summed E-state index contributed by atoms with van der Waals surface area (Å²) in [6, 6.07) is -0.834. The average molecular weight is 512 g/mol. The standard InChI is InChI=1S/C21H33N5O6.2C2H6/c1-4-22-16(28)12-24-21(32)20(14(2)3)25-17(29)13-23-15(27)8-6-5-7-11-26-18(30)9-10-19(26)31;2*1-2/h9-10,14,20H,4-8,11-13H2,1-3H3,(H,22,28)(H,23,27)(H,24,32)(H,25,29);2*1-2H3. The van der Waals surface area contributed by atoms with E-state index >= 15 is 0 Å². The van der Waals surface area contributed by atoms with Crippen molar-refractivity contribution >= 4 is 35.4 Å². The minimum Gasteiger partial charge on any atom is -0.355 e. The molecule has 6 amide bonds. The van der Waals surface area contributed by atoms with Gasteiger partial charge in [-0.3, -0.25) is 33.7 Å². The number of nitrogens with one attached hydrogen (secondary N) is 4. The molecule has 0 fully saturated rings. The van der Waals surface area contributed by atoms with E-state index in [0.717, 1.165) is 4.90 Å².